The van der Waals surface area contributed by atoms with Gasteiger partial charge in [0.1, 0.15) is 6.04 Å². The maximum absolute atomic E-state index is 12.2. The number of aromatic nitrogens is 1. The molecule has 0 aliphatic carbocycles. The number of carbonyl (C=O) groups excluding carboxylic acids is 1. The summed E-state index contributed by atoms with van der Waals surface area (Å²) in [6.45, 7) is 1.81. The molecule has 5 nitrogen and oxygen atoms in total. The molecule has 1 aliphatic rings. The van der Waals surface area contributed by atoms with Crippen molar-refractivity contribution in [2.24, 2.45) is 7.05 Å². The Bertz CT molecular complexity index is 600. The molecule has 2 N–H and O–H groups in total. The normalized spacial score (nSPS) is 19.5. The first kappa shape index (κ1) is 12.2. The Morgan fingerprint density at radius 1 is 1.47 bits per heavy atom. The third-order valence-electron chi connectivity index (χ3n) is 3.39. The van der Waals surface area contributed by atoms with Crippen LogP contribution in [0.1, 0.15) is 0 Å². The van der Waals surface area contributed by atoms with Gasteiger partial charge in [-0.1, -0.05) is 18.2 Å². The van der Waals surface area contributed by atoms with Gasteiger partial charge in [0.15, 0.2) is 0 Å². The van der Waals surface area contributed by atoms with Crippen molar-refractivity contribution < 1.29 is 9.53 Å². The second-order valence-electron chi connectivity index (χ2n) is 4.74. The van der Waals surface area contributed by atoms with Gasteiger partial charge in [-0.05, 0) is 6.07 Å². The minimum atomic E-state index is -0.271. The van der Waals surface area contributed by atoms with Crippen molar-refractivity contribution in [1.29, 1.82) is 0 Å². The molecule has 0 saturated carbocycles. The Labute approximate surface area is 111 Å². The highest BCUT2D eigenvalue weighted by atomic mass is 16.5. The van der Waals surface area contributed by atoms with E-state index in [0.717, 1.165) is 16.6 Å². The van der Waals surface area contributed by atoms with E-state index < -0.39 is 0 Å². The number of hydrogen-bond donors (Lipinski definition) is 2. The number of rotatable bonds is 2. The van der Waals surface area contributed by atoms with Crippen LogP contribution in [0.4, 0.5) is 5.69 Å². The molecule has 1 unspecified atom stereocenters. The van der Waals surface area contributed by atoms with Crippen LogP contribution in [0, 0.1) is 0 Å². The predicted molar refractivity (Wildman–Crippen MR) is 74.2 cm³/mol. The van der Waals surface area contributed by atoms with Gasteiger partial charge >= 0.3 is 0 Å². The molecule has 1 aromatic carbocycles. The molecule has 5 heteroatoms. The molecule has 0 radical (unpaired) electrons. The number of nitrogens with one attached hydrogen (secondary N) is 2. The number of hydrogen-bond acceptors (Lipinski definition) is 3. The molecule has 1 fully saturated rings. The summed E-state index contributed by atoms with van der Waals surface area (Å²) in [4.78, 5) is 12.2. The van der Waals surface area contributed by atoms with Gasteiger partial charge in [0.2, 0.25) is 5.91 Å². The number of anilines is 1. The number of benzene rings is 1. The van der Waals surface area contributed by atoms with E-state index in [0.29, 0.717) is 19.8 Å². The van der Waals surface area contributed by atoms with E-state index in [1.54, 1.807) is 0 Å². The molecule has 1 atom stereocenters. The number of morpholine rings is 1. The number of aryl methyl sites for hydroxylation is 1. The van der Waals surface area contributed by atoms with Crippen LogP contribution >= 0.6 is 0 Å². The topological polar surface area (TPSA) is 55.3 Å². The van der Waals surface area contributed by atoms with Gasteiger partial charge in [0, 0.05) is 30.7 Å². The minimum absolute atomic E-state index is 0.0453. The van der Waals surface area contributed by atoms with Crippen LogP contribution in [0.15, 0.2) is 30.5 Å². The second kappa shape index (κ2) is 5.03. The van der Waals surface area contributed by atoms with Gasteiger partial charge in [-0.15, -0.1) is 0 Å². The van der Waals surface area contributed by atoms with E-state index in [1.807, 2.05) is 42.1 Å². The summed E-state index contributed by atoms with van der Waals surface area (Å²) in [6, 6.07) is 7.74. The third-order valence-corrected chi connectivity index (χ3v) is 3.39. The lowest BCUT2D eigenvalue weighted by molar-refractivity contribution is -0.120. The summed E-state index contributed by atoms with van der Waals surface area (Å²) in [5.74, 6) is -0.0453. The van der Waals surface area contributed by atoms with E-state index in [2.05, 4.69) is 10.6 Å². The predicted octanol–water partition coefficient (Wildman–Crippen LogP) is 1.11. The lowest BCUT2D eigenvalue weighted by Crippen LogP contribution is -2.48. The number of para-hydroxylation sites is 1. The average Bonchev–Trinajstić information content (AvgIpc) is 2.77. The van der Waals surface area contributed by atoms with Crippen LogP contribution in [-0.2, 0) is 16.6 Å². The molecule has 19 heavy (non-hydrogen) atoms. The summed E-state index contributed by atoms with van der Waals surface area (Å²) in [5.41, 5.74) is 1.95. The Kier molecular flexibility index (Phi) is 3.23. The van der Waals surface area contributed by atoms with Gasteiger partial charge < -0.3 is 19.9 Å². The second-order valence-corrected chi connectivity index (χ2v) is 4.74. The number of carbonyl (C=O) groups is 1. The van der Waals surface area contributed by atoms with Crippen LogP contribution < -0.4 is 10.6 Å². The first-order valence-electron chi connectivity index (χ1n) is 6.42. The fourth-order valence-corrected chi connectivity index (χ4v) is 2.39. The monoisotopic (exact) mass is 259 g/mol. The van der Waals surface area contributed by atoms with E-state index in [1.165, 1.54) is 0 Å². The molecule has 0 bridgehead atoms. The zero-order valence-electron chi connectivity index (χ0n) is 10.8. The highest BCUT2D eigenvalue weighted by Crippen LogP contribution is 2.24. The van der Waals surface area contributed by atoms with Crippen LogP contribution in [0.5, 0.6) is 0 Å². The maximum Gasteiger partial charge on any atom is 0.243 e. The fraction of sp³-hybridized carbons (Fsp3) is 0.357. The molecule has 100 valence electrons. The van der Waals surface area contributed by atoms with Crippen molar-refractivity contribution in [3.8, 4) is 0 Å². The quantitative estimate of drug-likeness (QED) is 0.849. The van der Waals surface area contributed by atoms with Crippen LogP contribution in [0.2, 0.25) is 0 Å². The van der Waals surface area contributed by atoms with Crippen LogP contribution in [0.25, 0.3) is 10.9 Å². The molecule has 1 amide bonds. The Hall–Kier alpha value is -1.85. The zero-order chi connectivity index (χ0) is 13.2. The molecule has 1 saturated heterocycles. The highest BCUT2D eigenvalue weighted by Gasteiger charge is 2.22. The molecule has 2 heterocycles. The number of fused-ring (bicyclic) bond motifs is 1. The van der Waals surface area contributed by atoms with Crippen molar-refractivity contribution in [3.05, 3.63) is 30.5 Å². The molecule has 1 aromatic heterocycles. The lowest BCUT2D eigenvalue weighted by atomic mass is 10.2. The molecule has 0 spiro atoms. The first-order valence-corrected chi connectivity index (χ1v) is 6.42. The average molecular weight is 259 g/mol. The van der Waals surface area contributed by atoms with Gasteiger partial charge in [-0.25, -0.2) is 0 Å². The summed E-state index contributed by atoms with van der Waals surface area (Å²) in [5, 5.41) is 7.17. The zero-order valence-corrected chi connectivity index (χ0v) is 10.8. The van der Waals surface area contributed by atoms with Crippen molar-refractivity contribution in [2.75, 3.05) is 25.1 Å². The largest absolute Gasteiger partial charge is 0.378 e. The van der Waals surface area contributed by atoms with Gasteiger partial charge in [-0.3, -0.25) is 4.79 Å². The van der Waals surface area contributed by atoms with Crippen LogP contribution in [-0.4, -0.2) is 36.3 Å². The molecular formula is C14H17N3O2. The lowest BCUT2D eigenvalue weighted by Gasteiger charge is -2.22. The summed E-state index contributed by atoms with van der Waals surface area (Å²) in [7, 11) is 1.97. The highest BCUT2D eigenvalue weighted by molar-refractivity contribution is 6.03. The molecule has 2 aromatic rings. The van der Waals surface area contributed by atoms with Crippen molar-refractivity contribution >= 4 is 22.5 Å². The SMILES string of the molecule is Cn1cc(NC(=O)C2COCCN2)c2ccccc21. The Morgan fingerprint density at radius 2 is 2.32 bits per heavy atom. The molecule has 1 aliphatic heterocycles. The number of ether oxygens (including phenoxy) is 1. The number of nitrogens with zero attached hydrogens (tertiary/aromatic N) is 1. The van der Waals surface area contributed by atoms with Gasteiger partial charge in [0.25, 0.3) is 0 Å². The van der Waals surface area contributed by atoms with Crippen molar-refractivity contribution in [3.63, 3.8) is 0 Å². The smallest absolute Gasteiger partial charge is 0.243 e. The van der Waals surface area contributed by atoms with Crippen molar-refractivity contribution in [2.45, 2.75) is 6.04 Å². The Morgan fingerprint density at radius 3 is 3.11 bits per heavy atom. The van der Waals surface area contributed by atoms with E-state index in [4.69, 9.17) is 4.74 Å². The summed E-state index contributed by atoms with van der Waals surface area (Å²) in [6.07, 6.45) is 1.94. The maximum atomic E-state index is 12.2. The molecule has 3 rings (SSSR count). The minimum Gasteiger partial charge on any atom is -0.378 e. The van der Waals surface area contributed by atoms with Gasteiger partial charge in [0.05, 0.1) is 18.9 Å². The van der Waals surface area contributed by atoms with E-state index in [9.17, 15) is 4.79 Å². The van der Waals surface area contributed by atoms with Gasteiger partial charge in [-0.2, -0.15) is 0 Å². The standard InChI is InChI=1S/C14H17N3O2/c1-17-8-11(10-4-2-3-5-13(10)17)16-14(18)12-9-19-7-6-15-12/h2-5,8,12,15H,6-7,9H2,1H3,(H,16,18). The summed E-state index contributed by atoms with van der Waals surface area (Å²) >= 11 is 0. The third kappa shape index (κ3) is 2.34. The van der Waals surface area contributed by atoms with Crippen molar-refractivity contribution in [1.82, 2.24) is 9.88 Å². The van der Waals surface area contributed by atoms with E-state index in [-0.39, 0.29) is 11.9 Å². The molecular weight excluding hydrogens is 242 g/mol. The van der Waals surface area contributed by atoms with E-state index >= 15 is 0 Å². The fourth-order valence-electron chi connectivity index (χ4n) is 2.39. The first-order chi connectivity index (χ1) is 9.25. The number of amides is 1. The van der Waals surface area contributed by atoms with Crippen LogP contribution in [0.3, 0.4) is 0 Å². The Balaban J connectivity index is 1.83. The summed E-state index contributed by atoms with van der Waals surface area (Å²) < 4.78 is 7.31.